The number of hydrogen-bond acceptors (Lipinski definition) is 2. The molecule has 3 nitrogen and oxygen atoms in total. The number of nitrogens with one attached hydrogen (secondary N) is 1. The van der Waals surface area contributed by atoms with Crippen LogP contribution >= 0.6 is 0 Å². The number of hydrogen-bond donors (Lipinski definition) is 1. The molecule has 0 radical (unpaired) electrons. The third-order valence-corrected chi connectivity index (χ3v) is 3.76. The third kappa shape index (κ3) is 6.55. The highest BCUT2D eigenvalue weighted by atomic mass is 16.2. The van der Waals surface area contributed by atoms with Crippen LogP contribution in [0.2, 0.25) is 0 Å². The van der Waals surface area contributed by atoms with Gasteiger partial charge in [0.1, 0.15) is 5.78 Å². The van der Waals surface area contributed by atoms with Crippen molar-refractivity contribution in [1.29, 1.82) is 0 Å². The minimum absolute atomic E-state index is 0.0782. The van der Waals surface area contributed by atoms with E-state index < -0.39 is 5.92 Å². The maximum Gasteiger partial charge on any atom is 0.230 e. The van der Waals surface area contributed by atoms with E-state index in [4.69, 9.17) is 0 Å². The lowest BCUT2D eigenvalue weighted by atomic mass is 9.94. The molecule has 19 heavy (non-hydrogen) atoms. The van der Waals surface area contributed by atoms with Crippen LogP contribution in [-0.4, -0.2) is 18.2 Å². The van der Waals surface area contributed by atoms with Gasteiger partial charge in [-0.3, -0.25) is 9.59 Å². The van der Waals surface area contributed by atoms with Crippen molar-refractivity contribution < 1.29 is 9.59 Å². The summed E-state index contributed by atoms with van der Waals surface area (Å²) in [4.78, 5) is 24.1. The number of rotatable bonds is 2. The molecule has 1 amide bonds. The summed E-state index contributed by atoms with van der Waals surface area (Å²) < 4.78 is 0. The Hall–Kier alpha value is -1.12. The second-order valence-electron chi connectivity index (χ2n) is 5.41. The van der Waals surface area contributed by atoms with E-state index >= 15 is 0 Å². The van der Waals surface area contributed by atoms with Gasteiger partial charge in [-0.15, -0.1) is 6.58 Å². The first kappa shape index (κ1) is 15.9. The average Bonchev–Trinajstić information content (AvgIpc) is 2.40. The highest BCUT2D eigenvalue weighted by molar-refractivity contribution is 6.01. The molecule has 0 aliphatic carbocycles. The van der Waals surface area contributed by atoms with E-state index in [0.717, 1.165) is 19.3 Å². The number of carbonyl (C=O) groups excluding carboxylic acids is 2. The van der Waals surface area contributed by atoms with Gasteiger partial charge in [0.25, 0.3) is 0 Å². The van der Waals surface area contributed by atoms with Gasteiger partial charge in [-0.1, -0.05) is 44.6 Å². The summed E-state index contributed by atoms with van der Waals surface area (Å²) in [7, 11) is 0. The van der Waals surface area contributed by atoms with Gasteiger partial charge in [0.2, 0.25) is 5.91 Å². The topological polar surface area (TPSA) is 46.2 Å². The van der Waals surface area contributed by atoms with Gasteiger partial charge in [0, 0.05) is 13.0 Å². The number of carbonyl (C=O) groups is 2. The quantitative estimate of drug-likeness (QED) is 0.614. The molecule has 0 saturated carbocycles. The third-order valence-electron chi connectivity index (χ3n) is 3.76. The zero-order valence-corrected chi connectivity index (χ0v) is 12.0. The predicted molar refractivity (Wildman–Crippen MR) is 77.9 cm³/mol. The van der Waals surface area contributed by atoms with Crippen LogP contribution in [0, 0.1) is 5.92 Å². The molecular formula is C16H27NO2. The van der Waals surface area contributed by atoms with Gasteiger partial charge in [-0.2, -0.15) is 0 Å². The van der Waals surface area contributed by atoms with Crippen molar-refractivity contribution in [2.75, 3.05) is 6.54 Å². The average molecular weight is 265 g/mol. The monoisotopic (exact) mass is 265 g/mol. The molecule has 1 aliphatic heterocycles. The first-order chi connectivity index (χ1) is 9.25. The van der Waals surface area contributed by atoms with Crippen LogP contribution in [0.15, 0.2) is 12.7 Å². The van der Waals surface area contributed by atoms with Crippen LogP contribution in [0.25, 0.3) is 0 Å². The molecule has 1 N–H and O–H groups in total. The van der Waals surface area contributed by atoms with Crippen molar-refractivity contribution in [2.45, 2.75) is 64.2 Å². The van der Waals surface area contributed by atoms with Crippen LogP contribution in [0.1, 0.15) is 64.2 Å². The lowest BCUT2D eigenvalue weighted by Crippen LogP contribution is -2.35. The molecule has 0 aromatic rings. The molecule has 108 valence electrons. The van der Waals surface area contributed by atoms with Crippen molar-refractivity contribution in [3.05, 3.63) is 12.7 Å². The number of Topliss-reactive ketones (excluding diaryl/α,β-unsaturated/α-hetero) is 1. The Morgan fingerprint density at radius 1 is 1.00 bits per heavy atom. The van der Waals surface area contributed by atoms with Crippen LogP contribution in [-0.2, 0) is 9.59 Å². The predicted octanol–water partition coefficient (Wildman–Crippen LogP) is 3.39. The summed E-state index contributed by atoms with van der Waals surface area (Å²) in [6.07, 6.45) is 11.9. The van der Waals surface area contributed by atoms with Gasteiger partial charge in [-0.05, 0) is 19.3 Å². The van der Waals surface area contributed by atoms with Crippen LogP contribution < -0.4 is 5.32 Å². The molecule has 3 heteroatoms. The van der Waals surface area contributed by atoms with Gasteiger partial charge < -0.3 is 5.32 Å². The van der Waals surface area contributed by atoms with Crippen LogP contribution in [0.3, 0.4) is 0 Å². The number of ketones is 1. The molecule has 1 unspecified atom stereocenters. The lowest BCUT2D eigenvalue weighted by molar-refractivity contribution is -0.134. The molecule has 0 aromatic heterocycles. The molecular weight excluding hydrogens is 238 g/mol. The fraction of sp³-hybridized carbons (Fsp3) is 0.750. The Morgan fingerprint density at radius 2 is 1.58 bits per heavy atom. The minimum atomic E-state index is -0.513. The second-order valence-corrected chi connectivity index (χ2v) is 5.41. The molecule has 1 rings (SSSR count). The van der Waals surface area contributed by atoms with E-state index in [-0.39, 0.29) is 11.7 Å². The normalized spacial score (nSPS) is 24.3. The van der Waals surface area contributed by atoms with E-state index in [0.29, 0.717) is 19.4 Å². The lowest BCUT2D eigenvalue weighted by Gasteiger charge is -2.15. The summed E-state index contributed by atoms with van der Waals surface area (Å²) in [6.45, 7) is 4.34. The summed E-state index contributed by atoms with van der Waals surface area (Å²) in [6, 6.07) is 0. The van der Waals surface area contributed by atoms with Crippen molar-refractivity contribution in [1.82, 2.24) is 5.32 Å². The largest absolute Gasteiger partial charge is 0.355 e. The van der Waals surface area contributed by atoms with Gasteiger partial charge >= 0.3 is 0 Å². The summed E-state index contributed by atoms with van der Waals surface area (Å²) in [5, 5.41) is 2.89. The van der Waals surface area contributed by atoms with Gasteiger partial charge in [-0.25, -0.2) is 0 Å². The Balaban J connectivity index is 2.53. The minimum Gasteiger partial charge on any atom is -0.355 e. The molecule has 1 heterocycles. The van der Waals surface area contributed by atoms with Crippen molar-refractivity contribution in [3.8, 4) is 0 Å². The fourth-order valence-corrected chi connectivity index (χ4v) is 2.55. The first-order valence-corrected chi connectivity index (χ1v) is 7.67. The first-order valence-electron chi connectivity index (χ1n) is 7.67. The number of amides is 1. The Bertz CT molecular complexity index is 275. The van der Waals surface area contributed by atoms with E-state index in [1.165, 1.54) is 32.1 Å². The van der Waals surface area contributed by atoms with E-state index in [2.05, 4.69) is 11.9 Å². The highest BCUT2D eigenvalue weighted by Gasteiger charge is 2.24. The van der Waals surface area contributed by atoms with Crippen molar-refractivity contribution in [3.63, 3.8) is 0 Å². The number of allylic oxidation sites excluding steroid dienone is 1. The fourth-order valence-electron chi connectivity index (χ4n) is 2.55. The van der Waals surface area contributed by atoms with Crippen molar-refractivity contribution in [2.24, 2.45) is 5.92 Å². The van der Waals surface area contributed by atoms with Crippen LogP contribution in [0.5, 0.6) is 0 Å². The molecule has 0 bridgehead atoms. The summed E-state index contributed by atoms with van der Waals surface area (Å²) >= 11 is 0. The van der Waals surface area contributed by atoms with Crippen molar-refractivity contribution >= 4 is 11.7 Å². The standard InChI is InChI=1S/C16H27NO2/c1-2-11-14-15(18)12-9-7-5-3-4-6-8-10-13-17-16(14)19/h2,14H,1,3-13H2,(H,17,19). The summed E-state index contributed by atoms with van der Waals surface area (Å²) in [5.74, 6) is -0.545. The summed E-state index contributed by atoms with van der Waals surface area (Å²) in [5.41, 5.74) is 0. The zero-order valence-electron chi connectivity index (χ0n) is 12.0. The molecule has 1 aliphatic rings. The van der Waals surface area contributed by atoms with E-state index in [1.807, 2.05) is 0 Å². The van der Waals surface area contributed by atoms with Crippen LogP contribution in [0.4, 0.5) is 0 Å². The maximum absolute atomic E-state index is 12.1. The van der Waals surface area contributed by atoms with E-state index in [1.54, 1.807) is 6.08 Å². The maximum atomic E-state index is 12.1. The SMILES string of the molecule is C=CCC1C(=O)CCCCCCCCCCNC1=O. The molecule has 0 spiro atoms. The molecule has 0 aromatic carbocycles. The Labute approximate surface area is 116 Å². The van der Waals surface area contributed by atoms with E-state index in [9.17, 15) is 9.59 Å². The Morgan fingerprint density at radius 3 is 2.21 bits per heavy atom. The Kier molecular flexibility index (Phi) is 8.19. The van der Waals surface area contributed by atoms with Gasteiger partial charge in [0.15, 0.2) is 0 Å². The van der Waals surface area contributed by atoms with Gasteiger partial charge in [0.05, 0.1) is 5.92 Å². The molecule has 1 atom stereocenters. The highest BCUT2D eigenvalue weighted by Crippen LogP contribution is 2.15. The molecule has 1 saturated heterocycles. The second kappa shape index (κ2) is 9.76. The zero-order chi connectivity index (χ0) is 13.9. The smallest absolute Gasteiger partial charge is 0.230 e. The molecule has 1 fully saturated rings.